The van der Waals surface area contributed by atoms with Gasteiger partial charge in [0.1, 0.15) is 5.82 Å². The second kappa shape index (κ2) is 4.63. The van der Waals surface area contributed by atoms with Crippen molar-refractivity contribution >= 4 is 11.0 Å². The Hall–Kier alpha value is -1.39. The third-order valence-corrected chi connectivity index (χ3v) is 2.87. The van der Waals surface area contributed by atoms with Crippen molar-refractivity contribution in [3.63, 3.8) is 0 Å². The predicted octanol–water partition coefficient (Wildman–Crippen LogP) is 0.957. The smallest absolute Gasteiger partial charge is 0.109 e. The van der Waals surface area contributed by atoms with E-state index in [4.69, 9.17) is 10.8 Å². The lowest BCUT2D eigenvalue weighted by atomic mass is 10.2. The first-order valence-electron chi connectivity index (χ1n) is 5.52. The fourth-order valence-corrected chi connectivity index (χ4v) is 1.95. The monoisotopic (exact) mass is 219 g/mol. The average molecular weight is 219 g/mol. The van der Waals surface area contributed by atoms with E-state index in [0.29, 0.717) is 6.54 Å². The van der Waals surface area contributed by atoms with E-state index >= 15 is 0 Å². The zero-order valence-corrected chi connectivity index (χ0v) is 9.48. The average Bonchev–Trinajstić information content (AvgIpc) is 2.64. The van der Waals surface area contributed by atoms with E-state index < -0.39 is 0 Å². The minimum Gasteiger partial charge on any atom is -0.396 e. The first-order chi connectivity index (χ1) is 7.77. The topological polar surface area (TPSA) is 64.1 Å². The van der Waals surface area contributed by atoms with Gasteiger partial charge in [-0.3, -0.25) is 0 Å². The van der Waals surface area contributed by atoms with Gasteiger partial charge in [0.05, 0.1) is 11.0 Å². The van der Waals surface area contributed by atoms with Crippen LogP contribution in [0.5, 0.6) is 0 Å². The molecule has 0 spiro atoms. The molecule has 4 nitrogen and oxygen atoms in total. The lowest BCUT2D eigenvalue weighted by Gasteiger charge is -2.00. The number of fused-ring (bicyclic) bond motifs is 1. The van der Waals surface area contributed by atoms with Crippen LogP contribution in [0.1, 0.15) is 17.8 Å². The van der Waals surface area contributed by atoms with Gasteiger partial charge in [-0.1, -0.05) is 12.1 Å². The lowest BCUT2D eigenvalue weighted by Crippen LogP contribution is -1.99. The summed E-state index contributed by atoms with van der Waals surface area (Å²) in [4.78, 5) is 4.59. The third-order valence-electron chi connectivity index (χ3n) is 2.87. The highest BCUT2D eigenvalue weighted by atomic mass is 16.2. The van der Waals surface area contributed by atoms with E-state index in [9.17, 15) is 0 Å². The normalized spacial score (nSPS) is 11.2. The molecule has 0 bridgehead atoms. The molecule has 1 aromatic heterocycles. The summed E-state index contributed by atoms with van der Waals surface area (Å²) >= 11 is 0. The van der Waals surface area contributed by atoms with Gasteiger partial charge in [0.15, 0.2) is 0 Å². The fourth-order valence-electron chi connectivity index (χ4n) is 1.95. The van der Waals surface area contributed by atoms with Gasteiger partial charge in [-0.15, -0.1) is 0 Å². The van der Waals surface area contributed by atoms with Crippen molar-refractivity contribution in [2.24, 2.45) is 12.8 Å². The van der Waals surface area contributed by atoms with Crippen molar-refractivity contribution in [2.75, 3.05) is 6.61 Å². The number of hydrogen-bond acceptors (Lipinski definition) is 3. The molecule has 0 saturated heterocycles. The molecular weight excluding hydrogens is 202 g/mol. The van der Waals surface area contributed by atoms with E-state index in [1.807, 2.05) is 25.2 Å². The van der Waals surface area contributed by atoms with E-state index in [2.05, 4.69) is 9.55 Å². The molecule has 0 saturated carbocycles. The Balaban J connectivity index is 2.49. The number of para-hydroxylation sites is 1. The maximum atomic E-state index is 8.84. The maximum absolute atomic E-state index is 8.84. The summed E-state index contributed by atoms with van der Waals surface area (Å²) in [5, 5.41) is 8.84. The van der Waals surface area contributed by atoms with Crippen molar-refractivity contribution in [1.82, 2.24) is 9.55 Å². The molecule has 0 amide bonds. The van der Waals surface area contributed by atoms with Crippen molar-refractivity contribution in [3.05, 3.63) is 29.6 Å². The van der Waals surface area contributed by atoms with Gasteiger partial charge in [-0.25, -0.2) is 4.98 Å². The highest BCUT2D eigenvalue weighted by Gasteiger charge is 2.09. The molecule has 86 valence electrons. The molecule has 1 aromatic carbocycles. The number of aryl methyl sites for hydroxylation is 2. The standard InChI is InChI=1S/C12H17N3O/c1-15-10-5-2-4-9(8-13)12(10)14-11(15)6-3-7-16/h2,4-5,16H,3,6-8,13H2,1H3. The Morgan fingerprint density at radius 2 is 2.25 bits per heavy atom. The van der Waals surface area contributed by atoms with Gasteiger partial charge in [0, 0.05) is 26.6 Å². The summed E-state index contributed by atoms with van der Waals surface area (Å²) in [6.45, 7) is 0.709. The molecule has 3 N–H and O–H groups in total. The summed E-state index contributed by atoms with van der Waals surface area (Å²) in [7, 11) is 2.00. The van der Waals surface area contributed by atoms with Gasteiger partial charge >= 0.3 is 0 Å². The molecule has 0 unspecified atom stereocenters. The summed E-state index contributed by atoms with van der Waals surface area (Å²) in [5.41, 5.74) is 8.85. The zero-order chi connectivity index (χ0) is 11.5. The highest BCUT2D eigenvalue weighted by Crippen LogP contribution is 2.19. The van der Waals surface area contributed by atoms with Crippen LogP contribution in [0, 0.1) is 0 Å². The van der Waals surface area contributed by atoms with Crippen LogP contribution in [-0.2, 0) is 20.0 Å². The van der Waals surface area contributed by atoms with E-state index in [-0.39, 0.29) is 6.61 Å². The van der Waals surface area contributed by atoms with Gasteiger partial charge in [0.25, 0.3) is 0 Å². The number of nitrogens with two attached hydrogens (primary N) is 1. The van der Waals surface area contributed by atoms with Crippen molar-refractivity contribution in [1.29, 1.82) is 0 Å². The maximum Gasteiger partial charge on any atom is 0.109 e. The fraction of sp³-hybridized carbons (Fsp3) is 0.417. The van der Waals surface area contributed by atoms with Crippen molar-refractivity contribution < 1.29 is 5.11 Å². The molecular formula is C12H17N3O. The second-order valence-electron chi connectivity index (χ2n) is 3.90. The Labute approximate surface area is 94.7 Å². The minimum atomic E-state index is 0.201. The van der Waals surface area contributed by atoms with Crippen LogP contribution in [0.2, 0.25) is 0 Å². The van der Waals surface area contributed by atoms with Crippen LogP contribution in [0.3, 0.4) is 0 Å². The Morgan fingerprint density at radius 1 is 1.44 bits per heavy atom. The molecule has 1 heterocycles. The molecule has 0 radical (unpaired) electrons. The Morgan fingerprint density at radius 3 is 2.94 bits per heavy atom. The van der Waals surface area contributed by atoms with E-state index in [0.717, 1.165) is 35.3 Å². The molecule has 2 aromatic rings. The first-order valence-corrected chi connectivity index (χ1v) is 5.52. The van der Waals surface area contributed by atoms with E-state index in [1.165, 1.54) is 0 Å². The van der Waals surface area contributed by atoms with Crippen LogP contribution in [0.4, 0.5) is 0 Å². The molecule has 16 heavy (non-hydrogen) atoms. The molecule has 0 atom stereocenters. The number of nitrogens with zero attached hydrogens (tertiary/aromatic N) is 2. The number of imidazole rings is 1. The molecule has 0 fully saturated rings. The quantitative estimate of drug-likeness (QED) is 0.805. The SMILES string of the molecule is Cn1c(CCCO)nc2c(CN)cccc21. The first kappa shape index (κ1) is 11.1. The third kappa shape index (κ3) is 1.81. The van der Waals surface area contributed by atoms with Gasteiger partial charge < -0.3 is 15.4 Å². The summed E-state index contributed by atoms with van der Waals surface area (Å²) in [5.74, 6) is 1.00. The van der Waals surface area contributed by atoms with Crippen molar-refractivity contribution in [3.8, 4) is 0 Å². The van der Waals surface area contributed by atoms with Crippen molar-refractivity contribution in [2.45, 2.75) is 19.4 Å². The molecule has 0 aliphatic rings. The largest absolute Gasteiger partial charge is 0.396 e. The molecule has 2 rings (SSSR count). The van der Waals surface area contributed by atoms with Gasteiger partial charge in [-0.05, 0) is 18.1 Å². The van der Waals surface area contributed by atoms with Crippen LogP contribution in [-0.4, -0.2) is 21.3 Å². The summed E-state index contributed by atoms with van der Waals surface area (Å²) in [6.07, 6.45) is 1.54. The number of aromatic nitrogens is 2. The number of hydrogen-bond donors (Lipinski definition) is 2. The lowest BCUT2D eigenvalue weighted by molar-refractivity contribution is 0.287. The van der Waals surface area contributed by atoms with E-state index in [1.54, 1.807) is 0 Å². The second-order valence-corrected chi connectivity index (χ2v) is 3.90. The van der Waals surface area contributed by atoms with Gasteiger partial charge in [-0.2, -0.15) is 0 Å². The molecule has 0 aliphatic heterocycles. The van der Waals surface area contributed by atoms with Crippen LogP contribution < -0.4 is 5.73 Å². The number of aliphatic hydroxyl groups is 1. The number of benzene rings is 1. The molecule has 4 heteroatoms. The minimum absolute atomic E-state index is 0.201. The molecule has 0 aliphatic carbocycles. The summed E-state index contributed by atoms with van der Waals surface area (Å²) < 4.78 is 2.07. The van der Waals surface area contributed by atoms with Crippen LogP contribution in [0.15, 0.2) is 18.2 Å². The highest BCUT2D eigenvalue weighted by molar-refractivity contribution is 5.79. The number of aliphatic hydroxyl groups excluding tert-OH is 1. The number of rotatable bonds is 4. The predicted molar refractivity (Wildman–Crippen MR) is 64.0 cm³/mol. The van der Waals surface area contributed by atoms with Crippen LogP contribution in [0.25, 0.3) is 11.0 Å². The Kier molecular flexibility index (Phi) is 3.22. The van der Waals surface area contributed by atoms with Crippen LogP contribution >= 0.6 is 0 Å². The Bertz CT molecular complexity index is 490. The summed E-state index contributed by atoms with van der Waals surface area (Å²) in [6, 6.07) is 6.05. The van der Waals surface area contributed by atoms with Gasteiger partial charge in [0.2, 0.25) is 0 Å². The zero-order valence-electron chi connectivity index (χ0n) is 9.48.